The van der Waals surface area contributed by atoms with Crippen molar-refractivity contribution in [2.24, 2.45) is 5.92 Å². The minimum absolute atomic E-state index is 0.187. The van der Waals surface area contributed by atoms with Crippen molar-refractivity contribution in [3.8, 4) is 0 Å². The van der Waals surface area contributed by atoms with E-state index in [1.54, 1.807) is 0 Å². The first-order chi connectivity index (χ1) is 8.38. The molecule has 0 aliphatic heterocycles. The first-order valence-electron chi connectivity index (χ1n) is 6.17. The minimum Gasteiger partial charge on any atom is -0.480 e. The molecule has 1 aliphatic rings. The van der Waals surface area contributed by atoms with Gasteiger partial charge in [0.05, 0.1) is 6.54 Å². The van der Waals surface area contributed by atoms with Crippen LogP contribution in [0.1, 0.15) is 45.4 Å². The number of hydrogen-bond acceptors (Lipinski definition) is 5. The van der Waals surface area contributed by atoms with Gasteiger partial charge in [0, 0.05) is 5.41 Å². The second-order valence-electron chi connectivity index (χ2n) is 5.79. The lowest BCUT2D eigenvalue weighted by atomic mass is 9.97. The molecule has 2 rings (SSSR count). The van der Waals surface area contributed by atoms with E-state index in [1.807, 2.05) is 20.8 Å². The summed E-state index contributed by atoms with van der Waals surface area (Å²) < 4.78 is 5.50. The fraction of sp³-hybridized carbons (Fsp3) is 0.750. The molecule has 1 saturated carbocycles. The number of nitrogens with zero attached hydrogens (tertiary/aromatic N) is 2. The zero-order valence-corrected chi connectivity index (χ0v) is 10.9. The topological polar surface area (TPSA) is 88.2 Å². The summed E-state index contributed by atoms with van der Waals surface area (Å²) in [4.78, 5) is 11.0. The summed E-state index contributed by atoms with van der Waals surface area (Å²) in [7, 11) is 0. The molecule has 1 aliphatic carbocycles. The van der Waals surface area contributed by atoms with Crippen LogP contribution in [0.3, 0.4) is 0 Å². The van der Waals surface area contributed by atoms with Gasteiger partial charge in [0.2, 0.25) is 11.8 Å². The third kappa shape index (κ3) is 3.07. The van der Waals surface area contributed by atoms with E-state index in [-0.39, 0.29) is 11.3 Å². The molecule has 0 aromatic carbocycles. The monoisotopic (exact) mass is 253 g/mol. The van der Waals surface area contributed by atoms with Gasteiger partial charge in [-0.25, -0.2) is 0 Å². The second-order valence-corrected chi connectivity index (χ2v) is 5.79. The Balaban J connectivity index is 1.93. The predicted octanol–water partition coefficient (Wildman–Crippen LogP) is 1.32. The second kappa shape index (κ2) is 4.68. The number of carbonyl (C=O) groups is 1. The Hall–Kier alpha value is -1.43. The van der Waals surface area contributed by atoms with Crippen molar-refractivity contribution in [3.05, 3.63) is 11.8 Å². The van der Waals surface area contributed by atoms with Crippen LogP contribution in [-0.2, 0) is 16.8 Å². The van der Waals surface area contributed by atoms with Crippen molar-refractivity contribution in [3.63, 3.8) is 0 Å². The van der Waals surface area contributed by atoms with Crippen LogP contribution < -0.4 is 5.32 Å². The summed E-state index contributed by atoms with van der Waals surface area (Å²) >= 11 is 0. The van der Waals surface area contributed by atoms with Gasteiger partial charge in [0.1, 0.15) is 6.04 Å². The maximum absolute atomic E-state index is 11.0. The van der Waals surface area contributed by atoms with Crippen molar-refractivity contribution >= 4 is 5.97 Å². The molecule has 1 aromatic heterocycles. The standard InChI is InChI=1S/C12H19N3O3/c1-12(2,3)11-15-14-8(18-11)6-13-9(10(16)17)7-4-5-7/h7,9,13H,4-6H2,1-3H3,(H,16,17). The van der Waals surface area contributed by atoms with Crippen LogP contribution in [0, 0.1) is 5.92 Å². The average molecular weight is 253 g/mol. The first kappa shape index (κ1) is 13.0. The molecule has 2 N–H and O–H groups in total. The van der Waals surface area contributed by atoms with Gasteiger partial charge in [0.25, 0.3) is 0 Å². The van der Waals surface area contributed by atoms with Gasteiger partial charge < -0.3 is 9.52 Å². The van der Waals surface area contributed by atoms with Gasteiger partial charge >= 0.3 is 5.97 Å². The highest BCUT2D eigenvalue weighted by Gasteiger charge is 2.36. The van der Waals surface area contributed by atoms with Gasteiger partial charge in [-0.2, -0.15) is 0 Å². The van der Waals surface area contributed by atoms with Crippen molar-refractivity contribution in [2.45, 2.75) is 51.6 Å². The zero-order chi connectivity index (χ0) is 13.3. The fourth-order valence-corrected chi connectivity index (χ4v) is 1.71. The number of carboxylic acid groups (broad SMARTS) is 1. The van der Waals surface area contributed by atoms with E-state index in [1.165, 1.54) is 0 Å². The predicted molar refractivity (Wildman–Crippen MR) is 64.0 cm³/mol. The highest BCUT2D eigenvalue weighted by atomic mass is 16.4. The van der Waals surface area contributed by atoms with Crippen molar-refractivity contribution in [1.82, 2.24) is 15.5 Å². The molecule has 0 spiro atoms. The van der Waals surface area contributed by atoms with E-state index in [0.717, 1.165) is 12.8 Å². The summed E-state index contributed by atoms with van der Waals surface area (Å²) in [6, 6.07) is -0.505. The summed E-state index contributed by atoms with van der Waals surface area (Å²) in [5.74, 6) is 0.435. The number of rotatable bonds is 5. The van der Waals surface area contributed by atoms with E-state index in [2.05, 4.69) is 15.5 Å². The van der Waals surface area contributed by atoms with Gasteiger partial charge in [-0.15, -0.1) is 10.2 Å². The average Bonchev–Trinajstić information content (AvgIpc) is 2.94. The minimum atomic E-state index is -0.812. The SMILES string of the molecule is CC(C)(C)c1nnc(CNC(C(=O)O)C2CC2)o1. The Kier molecular flexibility index (Phi) is 3.38. The quantitative estimate of drug-likeness (QED) is 0.822. The molecule has 1 unspecified atom stereocenters. The largest absolute Gasteiger partial charge is 0.480 e. The van der Waals surface area contributed by atoms with Crippen LogP contribution in [0.25, 0.3) is 0 Å². The Morgan fingerprint density at radius 1 is 1.50 bits per heavy atom. The van der Waals surface area contributed by atoms with Crippen LogP contribution in [0.15, 0.2) is 4.42 Å². The number of aromatic nitrogens is 2. The van der Waals surface area contributed by atoms with Crippen LogP contribution in [0.4, 0.5) is 0 Å². The maximum Gasteiger partial charge on any atom is 0.320 e. The molecule has 0 radical (unpaired) electrons. The van der Waals surface area contributed by atoms with E-state index in [0.29, 0.717) is 18.3 Å². The highest BCUT2D eigenvalue weighted by molar-refractivity contribution is 5.74. The molecule has 100 valence electrons. The smallest absolute Gasteiger partial charge is 0.320 e. The summed E-state index contributed by atoms with van der Waals surface area (Å²) in [5, 5.41) is 19.9. The number of nitrogens with one attached hydrogen (secondary N) is 1. The van der Waals surface area contributed by atoms with Gasteiger partial charge in [-0.1, -0.05) is 20.8 Å². The zero-order valence-electron chi connectivity index (χ0n) is 10.9. The Morgan fingerprint density at radius 3 is 2.61 bits per heavy atom. The third-order valence-corrected chi connectivity index (χ3v) is 2.94. The normalized spacial score (nSPS) is 17.7. The van der Waals surface area contributed by atoms with Gasteiger partial charge in [0.15, 0.2) is 0 Å². The van der Waals surface area contributed by atoms with E-state index >= 15 is 0 Å². The lowest BCUT2D eigenvalue weighted by Crippen LogP contribution is -2.38. The van der Waals surface area contributed by atoms with Crippen LogP contribution >= 0.6 is 0 Å². The fourth-order valence-electron chi connectivity index (χ4n) is 1.71. The molecule has 0 bridgehead atoms. The molecule has 6 nitrogen and oxygen atoms in total. The Bertz CT molecular complexity index is 432. The molecule has 1 heterocycles. The van der Waals surface area contributed by atoms with E-state index in [9.17, 15) is 4.79 Å². The maximum atomic E-state index is 11.0. The molecular formula is C12H19N3O3. The lowest BCUT2D eigenvalue weighted by molar-refractivity contribution is -0.140. The highest BCUT2D eigenvalue weighted by Crippen LogP contribution is 2.32. The molecule has 1 fully saturated rings. The Morgan fingerprint density at radius 2 is 2.17 bits per heavy atom. The molecule has 6 heteroatoms. The number of aliphatic carboxylic acids is 1. The summed E-state index contributed by atoms with van der Waals surface area (Å²) in [5.41, 5.74) is -0.187. The van der Waals surface area contributed by atoms with Crippen LogP contribution in [-0.4, -0.2) is 27.3 Å². The number of hydrogen-bond donors (Lipinski definition) is 2. The molecule has 0 saturated heterocycles. The van der Waals surface area contributed by atoms with Gasteiger partial charge in [-0.05, 0) is 18.8 Å². The molecule has 1 aromatic rings. The van der Waals surface area contributed by atoms with Crippen molar-refractivity contribution in [2.75, 3.05) is 0 Å². The van der Waals surface area contributed by atoms with E-state index < -0.39 is 12.0 Å². The number of carboxylic acids is 1. The lowest BCUT2D eigenvalue weighted by Gasteiger charge is -2.12. The summed E-state index contributed by atoms with van der Waals surface area (Å²) in [6.07, 6.45) is 1.95. The Labute approximate surface area is 106 Å². The first-order valence-corrected chi connectivity index (χ1v) is 6.17. The van der Waals surface area contributed by atoms with Crippen molar-refractivity contribution in [1.29, 1.82) is 0 Å². The molecule has 0 amide bonds. The van der Waals surface area contributed by atoms with Crippen LogP contribution in [0.2, 0.25) is 0 Å². The van der Waals surface area contributed by atoms with Crippen molar-refractivity contribution < 1.29 is 14.3 Å². The van der Waals surface area contributed by atoms with E-state index in [4.69, 9.17) is 9.52 Å². The molecule has 18 heavy (non-hydrogen) atoms. The van der Waals surface area contributed by atoms with Crippen LogP contribution in [0.5, 0.6) is 0 Å². The summed E-state index contributed by atoms with van der Waals surface area (Å²) in [6.45, 7) is 6.27. The van der Waals surface area contributed by atoms with Gasteiger partial charge in [-0.3, -0.25) is 10.1 Å². The third-order valence-electron chi connectivity index (χ3n) is 2.94. The molecular weight excluding hydrogens is 234 g/mol. The molecule has 1 atom stereocenters.